The first-order valence-electron chi connectivity index (χ1n) is 7.94. The van der Waals surface area contributed by atoms with Crippen molar-refractivity contribution in [3.05, 3.63) is 66.4 Å². The van der Waals surface area contributed by atoms with Crippen molar-refractivity contribution in [1.29, 1.82) is 0 Å². The highest BCUT2D eigenvalue weighted by Gasteiger charge is 2.15. The number of hydrogen-bond donors (Lipinski definition) is 1. The molecular formula is C18H12FN5OS. The Hall–Kier alpha value is -3.26. The highest BCUT2D eigenvalue weighted by molar-refractivity contribution is 7.19. The molecule has 5 rings (SSSR count). The minimum atomic E-state index is -0.301. The lowest BCUT2D eigenvalue weighted by Gasteiger charge is -2.03. The molecule has 0 aliphatic carbocycles. The van der Waals surface area contributed by atoms with Crippen LogP contribution in [0.3, 0.4) is 0 Å². The maximum Gasteiger partial charge on any atom is 0.235 e. The Morgan fingerprint density at radius 3 is 2.81 bits per heavy atom. The van der Waals surface area contributed by atoms with Crippen molar-refractivity contribution in [1.82, 2.24) is 24.8 Å². The molecule has 1 N–H and O–H groups in total. The van der Waals surface area contributed by atoms with Crippen molar-refractivity contribution in [2.24, 2.45) is 0 Å². The van der Waals surface area contributed by atoms with Crippen LogP contribution in [0.4, 0.5) is 4.39 Å². The molecule has 0 fully saturated rings. The lowest BCUT2D eigenvalue weighted by Crippen LogP contribution is -2.02. The Bertz CT molecular complexity index is 1210. The van der Waals surface area contributed by atoms with Gasteiger partial charge in [0.2, 0.25) is 4.96 Å². The summed E-state index contributed by atoms with van der Waals surface area (Å²) in [5.74, 6) is 0.854. The number of aromatic amines is 1. The van der Waals surface area contributed by atoms with Crippen molar-refractivity contribution in [3.63, 3.8) is 0 Å². The topological polar surface area (TPSA) is 68.1 Å². The molecule has 3 heterocycles. The zero-order valence-electron chi connectivity index (χ0n) is 13.4. The predicted octanol–water partition coefficient (Wildman–Crippen LogP) is 4.05. The van der Waals surface area contributed by atoms with E-state index in [4.69, 9.17) is 4.74 Å². The smallest absolute Gasteiger partial charge is 0.235 e. The quantitative estimate of drug-likeness (QED) is 0.522. The van der Waals surface area contributed by atoms with Gasteiger partial charge in [0.25, 0.3) is 0 Å². The van der Waals surface area contributed by atoms with E-state index in [1.54, 1.807) is 16.6 Å². The second-order valence-electron chi connectivity index (χ2n) is 5.71. The van der Waals surface area contributed by atoms with Crippen molar-refractivity contribution >= 4 is 27.2 Å². The summed E-state index contributed by atoms with van der Waals surface area (Å²) in [7, 11) is 0. The summed E-state index contributed by atoms with van der Waals surface area (Å²) >= 11 is 1.47. The molecular weight excluding hydrogens is 353 g/mol. The van der Waals surface area contributed by atoms with Gasteiger partial charge in [-0.1, -0.05) is 29.5 Å². The van der Waals surface area contributed by atoms with Crippen molar-refractivity contribution in [2.75, 3.05) is 0 Å². The van der Waals surface area contributed by atoms with E-state index in [-0.39, 0.29) is 12.4 Å². The standard InChI is InChI=1S/C18H12FN5OS/c19-11-5-7-12(8-6-11)25-10-16-21-22-18-24(16)23-17(26-18)14-9-20-15-4-2-1-3-13(14)15/h1-9,20H,10H2. The van der Waals surface area contributed by atoms with Gasteiger partial charge in [-0.05, 0) is 30.3 Å². The normalized spacial score (nSPS) is 11.4. The first-order valence-corrected chi connectivity index (χ1v) is 8.75. The van der Waals surface area contributed by atoms with Gasteiger partial charge in [-0.3, -0.25) is 0 Å². The maximum atomic E-state index is 13.0. The molecule has 6 nitrogen and oxygen atoms in total. The Labute approximate surface area is 150 Å². The molecule has 26 heavy (non-hydrogen) atoms. The van der Waals surface area contributed by atoms with Crippen molar-refractivity contribution < 1.29 is 9.13 Å². The molecule has 0 bridgehead atoms. The summed E-state index contributed by atoms with van der Waals surface area (Å²) < 4.78 is 20.3. The van der Waals surface area contributed by atoms with Crippen LogP contribution >= 0.6 is 11.3 Å². The number of halogens is 1. The van der Waals surface area contributed by atoms with Gasteiger partial charge in [-0.25, -0.2) is 4.39 Å². The Balaban J connectivity index is 1.46. The van der Waals surface area contributed by atoms with Gasteiger partial charge in [0.1, 0.15) is 23.2 Å². The monoisotopic (exact) mass is 365 g/mol. The van der Waals surface area contributed by atoms with Crippen LogP contribution in [0.5, 0.6) is 5.75 Å². The Kier molecular flexibility index (Phi) is 3.42. The number of para-hydroxylation sites is 1. The lowest BCUT2D eigenvalue weighted by molar-refractivity contribution is 0.292. The number of nitrogens with zero attached hydrogens (tertiary/aromatic N) is 4. The van der Waals surface area contributed by atoms with Gasteiger partial charge in [-0.2, -0.15) is 9.61 Å². The van der Waals surface area contributed by atoms with Crippen LogP contribution in [-0.4, -0.2) is 24.8 Å². The average Bonchev–Trinajstić information content (AvgIpc) is 3.35. The van der Waals surface area contributed by atoms with Crippen LogP contribution in [0.2, 0.25) is 0 Å². The maximum absolute atomic E-state index is 13.0. The SMILES string of the molecule is Fc1ccc(OCc2nnc3sc(-c4c[nH]c5ccccc45)nn23)cc1. The van der Waals surface area contributed by atoms with E-state index in [1.807, 2.05) is 24.4 Å². The molecule has 0 atom stereocenters. The van der Waals surface area contributed by atoms with E-state index in [1.165, 1.54) is 23.5 Å². The van der Waals surface area contributed by atoms with Crippen molar-refractivity contribution in [3.8, 4) is 16.3 Å². The summed E-state index contributed by atoms with van der Waals surface area (Å²) in [4.78, 5) is 3.95. The highest BCUT2D eigenvalue weighted by atomic mass is 32.1. The van der Waals surface area contributed by atoms with Crippen LogP contribution < -0.4 is 4.74 Å². The van der Waals surface area contributed by atoms with Gasteiger partial charge in [0, 0.05) is 22.7 Å². The molecule has 2 aromatic carbocycles. The van der Waals surface area contributed by atoms with Crippen molar-refractivity contribution in [2.45, 2.75) is 6.61 Å². The summed E-state index contributed by atoms with van der Waals surface area (Å²) in [6.07, 6.45) is 1.95. The van der Waals surface area contributed by atoms with E-state index in [2.05, 4.69) is 26.3 Å². The minimum absolute atomic E-state index is 0.198. The van der Waals surface area contributed by atoms with Gasteiger partial charge in [0.05, 0.1) is 0 Å². The van der Waals surface area contributed by atoms with Gasteiger partial charge >= 0.3 is 0 Å². The van der Waals surface area contributed by atoms with Gasteiger partial charge < -0.3 is 9.72 Å². The van der Waals surface area contributed by atoms with E-state index >= 15 is 0 Å². The van der Waals surface area contributed by atoms with E-state index in [9.17, 15) is 4.39 Å². The van der Waals surface area contributed by atoms with E-state index in [0.717, 1.165) is 21.5 Å². The Morgan fingerprint density at radius 1 is 1.08 bits per heavy atom. The number of ether oxygens (including phenoxy) is 1. The summed E-state index contributed by atoms with van der Waals surface area (Å²) in [6.45, 7) is 0.198. The fraction of sp³-hybridized carbons (Fsp3) is 0.0556. The summed E-state index contributed by atoms with van der Waals surface area (Å²) in [6, 6.07) is 13.9. The molecule has 0 radical (unpaired) electrons. The van der Waals surface area contributed by atoms with Crippen LogP contribution in [0.15, 0.2) is 54.7 Å². The number of rotatable bonds is 4. The molecule has 128 valence electrons. The Morgan fingerprint density at radius 2 is 1.92 bits per heavy atom. The fourth-order valence-corrected chi connectivity index (χ4v) is 3.67. The van der Waals surface area contributed by atoms with Crippen LogP contribution in [0.1, 0.15) is 5.82 Å². The van der Waals surface area contributed by atoms with Gasteiger partial charge in [0.15, 0.2) is 5.82 Å². The molecule has 8 heteroatoms. The number of nitrogens with one attached hydrogen (secondary N) is 1. The molecule has 0 unspecified atom stereocenters. The van der Waals surface area contributed by atoms with E-state index in [0.29, 0.717) is 16.5 Å². The number of fused-ring (bicyclic) bond motifs is 2. The van der Waals surface area contributed by atoms with E-state index < -0.39 is 0 Å². The second kappa shape index (κ2) is 5.92. The third-order valence-corrected chi connectivity index (χ3v) is 4.99. The molecule has 0 spiro atoms. The molecule has 0 aliphatic rings. The minimum Gasteiger partial charge on any atom is -0.486 e. The first kappa shape index (κ1) is 15.0. The summed E-state index contributed by atoms with van der Waals surface area (Å²) in [5, 5.41) is 14.9. The van der Waals surface area contributed by atoms with Crippen LogP contribution in [0.25, 0.3) is 26.4 Å². The lowest BCUT2D eigenvalue weighted by atomic mass is 10.2. The summed E-state index contributed by atoms with van der Waals surface area (Å²) in [5.41, 5.74) is 2.09. The number of aromatic nitrogens is 5. The molecule has 0 aliphatic heterocycles. The molecule has 0 saturated heterocycles. The van der Waals surface area contributed by atoms with Crippen LogP contribution in [0, 0.1) is 5.82 Å². The molecule has 5 aromatic rings. The number of benzene rings is 2. The number of hydrogen-bond acceptors (Lipinski definition) is 5. The largest absolute Gasteiger partial charge is 0.486 e. The third-order valence-electron chi connectivity index (χ3n) is 4.06. The third kappa shape index (κ3) is 2.51. The zero-order valence-corrected chi connectivity index (χ0v) is 14.2. The molecule has 3 aromatic heterocycles. The first-order chi connectivity index (χ1) is 12.8. The fourth-order valence-electron chi connectivity index (χ4n) is 2.78. The second-order valence-corrected chi connectivity index (χ2v) is 6.66. The van der Waals surface area contributed by atoms with Gasteiger partial charge in [-0.15, -0.1) is 10.2 Å². The predicted molar refractivity (Wildman–Crippen MR) is 96.7 cm³/mol. The number of H-pyrrole nitrogens is 1. The molecule has 0 amide bonds. The molecule has 0 saturated carbocycles. The van der Waals surface area contributed by atoms with Crippen LogP contribution in [-0.2, 0) is 6.61 Å². The highest BCUT2D eigenvalue weighted by Crippen LogP contribution is 2.31. The zero-order chi connectivity index (χ0) is 17.5. The average molecular weight is 365 g/mol.